The quantitative estimate of drug-likeness (QED) is 0.465. The molecule has 1 heterocycles. The van der Waals surface area contributed by atoms with Crippen molar-refractivity contribution >= 4 is 22.8 Å². The Morgan fingerprint density at radius 2 is 2.03 bits per heavy atom. The Morgan fingerprint density at radius 3 is 2.79 bits per heavy atom. The summed E-state index contributed by atoms with van der Waals surface area (Å²) in [5, 5.41) is 0.807. The van der Waals surface area contributed by atoms with Crippen molar-refractivity contribution in [1.29, 1.82) is 0 Å². The second-order valence-corrected chi connectivity index (χ2v) is 8.73. The zero-order chi connectivity index (χ0) is 24.2. The maximum absolute atomic E-state index is 14.1. The molecule has 0 aliphatic heterocycles. The second kappa shape index (κ2) is 10.3. The van der Waals surface area contributed by atoms with E-state index in [0.29, 0.717) is 32.3 Å². The van der Waals surface area contributed by atoms with Gasteiger partial charge in [-0.1, -0.05) is 12.1 Å². The minimum atomic E-state index is -0.312. The lowest BCUT2D eigenvalue weighted by Crippen LogP contribution is -2.41. The van der Waals surface area contributed by atoms with Gasteiger partial charge in [-0.25, -0.2) is 4.39 Å². The molecule has 1 aromatic heterocycles. The second-order valence-electron chi connectivity index (χ2n) is 8.73. The van der Waals surface area contributed by atoms with Crippen LogP contribution < -0.4 is 4.74 Å². The smallest absolute Gasteiger partial charge is 0.325 e. The standard InChI is InChI=1S/C27H31FN2O4/c1-4-34-27(32)17-30-24-11-9-19(28)15-22(24)23-16-20(10-12-25(23)30)29(2)26(31)13-8-18-6-5-7-21(14-18)33-3/h5-7,9,11,14-15,20H,4,8,10,12-13,16-17H2,1-3H3/t20-/m0/s1. The zero-order valence-electron chi connectivity index (χ0n) is 20.0. The monoisotopic (exact) mass is 466 g/mol. The van der Waals surface area contributed by atoms with E-state index in [1.807, 2.05) is 40.8 Å². The number of rotatable bonds is 8. The van der Waals surface area contributed by atoms with Gasteiger partial charge >= 0.3 is 5.97 Å². The number of esters is 1. The van der Waals surface area contributed by atoms with Gasteiger partial charge in [0.05, 0.1) is 13.7 Å². The highest BCUT2D eigenvalue weighted by atomic mass is 19.1. The summed E-state index contributed by atoms with van der Waals surface area (Å²) in [6.07, 6.45) is 3.18. The van der Waals surface area contributed by atoms with Crippen LogP contribution in [0, 0.1) is 5.82 Å². The van der Waals surface area contributed by atoms with Crippen LogP contribution in [0.4, 0.5) is 4.39 Å². The van der Waals surface area contributed by atoms with Gasteiger partial charge in [-0.2, -0.15) is 0 Å². The third kappa shape index (κ3) is 4.93. The molecule has 0 fully saturated rings. The molecule has 0 saturated carbocycles. The Labute approximate surface area is 199 Å². The van der Waals surface area contributed by atoms with Crippen LogP contribution in [0.1, 0.15) is 36.6 Å². The summed E-state index contributed by atoms with van der Waals surface area (Å²) in [6, 6.07) is 12.5. The van der Waals surface area contributed by atoms with Crippen LogP contribution in [0.5, 0.6) is 5.75 Å². The van der Waals surface area contributed by atoms with Crippen molar-refractivity contribution < 1.29 is 23.5 Å². The Bertz CT molecular complexity index is 1200. The normalized spacial score (nSPS) is 15.1. The maximum atomic E-state index is 14.1. The number of methoxy groups -OCH3 is 1. The molecule has 4 rings (SSSR count). The summed E-state index contributed by atoms with van der Waals surface area (Å²) >= 11 is 0. The van der Waals surface area contributed by atoms with E-state index in [-0.39, 0.29) is 30.3 Å². The van der Waals surface area contributed by atoms with Gasteiger partial charge in [0.25, 0.3) is 0 Å². The molecule has 0 bridgehead atoms. The Balaban J connectivity index is 1.51. The number of aryl methyl sites for hydroxylation is 1. The van der Waals surface area contributed by atoms with Crippen LogP contribution >= 0.6 is 0 Å². The van der Waals surface area contributed by atoms with E-state index in [1.54, 1.807) is 20.1 Å². The minimum absolute atomic E-state index is 0.0234. The van der Waals surface area contributed by atoms with Gasteiger partial charge in [0.1, 0.15) is 18.1 Å². The third-order valence-electron chi connectivity index (χ3n) is 6.70. The van der Waals surface area contributed by atoms with Crippen molar-refractivity contribution in [2.24, 2.45) is 0 Å². The highest BCUT2D eigenvalue weighted by Gasteiger charge is 2.30. The number of carbonyl (C=O) groups is 2. The lowest BCUT2D eigenvalue weighted by Gasteiger charge is -2.32. The summed E-state index contributed by atoms with van der Waals surface area (Å²) in [4.78, 5) is 27.0. The summed E-state index contributed by atoms with van der Waals surface area (Å²) in [7, 11) is 3.48. The molecule has 6 nitrogen and oxygen atoms in total. The fourth-order valence-electron chi connectivity index (χ4n) is 4.91. The average Bonchev–Trinajstić information content (AvgIpc) is 3.14. The molecule has 1 aliphatic carbocycles. The Morgan fingerprint density at radius 1 is 1.21 bits per heavy atom. The minimum Gasteiger partial charge on any atom is -0.497 e. The molecule has 1 atom stereocenters. The van der Waals surface area contributed by atoms with E-state index in [0.717, 1.165) is 39.9 Å². The molecule has 0 N–H and O–H groups in total. The topological polar surface area (TPSA) is 60.8 Å². The molecule has 0 unspecified atom stereocenters. The van der Waals surface area contributed by atoms with Gasteiger partial charge in [0.15, 0.2) is 0 Å². The van der Waals surface area contributed by atoms with E-state index < -0.39 is 0 Å². The van der Waals surface area contributed by atoms with Gasteiger partial charge in [-0.15, -0.1) is 0 Å². The first-order chi connectivity index (χ1) is 16.4. The Hall–Kier alpha value is -3.35. The van der Waals surface area contributed by atoms with E-state index in [2.05, 4.69) is 0 Å². The molecule has 1 aliphatic rings. The highest BCUT2D eigenvalue weighted by molar-refractivity contribution is 5.87. The number of aromatic nitrogens is 1. The molecule has 0 spiro atoms. The number of fused-ring (bicyclic) bond motifs is 3. The number of amides is 1. The van der Waals surface area contributed by atoms with Gasteiger partial charge < -0.3 is 18.9 Å². The third-order valence-corrected chi connectivity index (χ3v) is 6.70. The van der Waals surface area contributed by atoms with Crippen molar-refractivity contribution in [2.75, 3.05) is 20.8 Å². The van der Waals surface area contributed by atoms with E-state index >= 15 is 0 Å². The summed E-state index contributed by atoms with van der Waals surface area (Å²) in [5.74, 6) is 0.245. The number of nitrogens with zero attached hydrogens (tertiary/aromatic N) is 2. The number of likely N-dealkylation sites (N-methyl/N-ethyl adjacent to an activating group) is 1. The number of benzene rings is 2. The fourth-order valence-corrected chi connectivity index (χ4v) is 4.91. The van der Waals surface area contributed by atoms with E-state index in [4.69, 9.17) is 9.47 Å². The highest BCUT2D eigenvalue weighted by Crippen LogP contribution is 2.34. The number of hydrogen-bond acceptors (Lipinski definition) is 4. The summed E-state index contributed by atoms with van der Waals surface area (Å²) in [5.41, 5.74) is 3.93. The zero-order valence-corrected chi connectivity index (χ0v) is 20.0. The van der Waals surface area contributed by atoms with Crippen LogP contribution in [0.2, 0.25) is 0 Å². The van der Waals surface area contributed by atoms with Crippen molar-refractivity contribution in [1.82, 2.24) is 9.47 Å². The largest absolute Gasteiger partial charge is 0.497 e. The molecular formula is C27H31FN2O4. The van der Waals surface area contributed by atoms with Crippen LogP contribution in [0.15, 0.2) is 42.5 Å². The van der Waals surface area contributed by atoms with Crippen LogP contribution in [0.25, 0.3) is 10.9 Å². The fraction of sp³-hybridized carbons (Fsp3) is 0.407. The SMILES string of the molecule is CCOC(=O)Cn1c2c(c3cc(F)ccc31)C[C@@H](N(C)C(=O)CCc1cccc(OC)c1)CC2. The first kappa shape index (κ1) is 23.8. The Kier molecular flexibility index (Phi) is 7.20. The van der Waals surface area contributed by atoms with Crippen molar-refractivity contribution in [3.8, 4) is 5.75 Å². The number of carbonyl (C=O) groups excluding carboxylic acids is 2. The van der Waals surface area contributed by atoms with E-state index in [9.17, 15) is 14.0 Å². The number of halogens is 1. The summed E-state index contributed by atoms with van der Waals surface area (Å²) < 4.78 is 26.5. The van der Waals surface area contributed by atoms with Crippen molar-refractivity contribution in [3.63, 3.8) is 0 Å². The molecule has 7 heteroatoms. The number of hydrogen-bond donors (Lipinski definition) is 0. The molecule has 3 aromatic rings. The molecule has 2 aromatic carbocycles. The van der Waals surface area contributed by atoms with Crippen molar-refractivity contribution in [3.05, 3.63) is 65.1 Å². The van der Waals surface area contributed by atoms with Gasteiger partial charge in [-0.3, -0.25) is 9.59 Å². The molecule has 180 valence electrons. The van der Waals surface area contributed by atoms with E-state index in [1.165, 1.54) is 12.1 Å². The lowest BCUT2D eigenvalue weighted by atomic mass is 9.90. The number of ether oxygens (including phenoxy) is 2. The molecule has 0 saturated heterocycles. The molecular weight excluding hydrogens is 435 g/mol. The maximum Gasteiger partial charge on any atom is 0.325 e. The van der Waals surface area contributed by atoms with Crippen LogP contribution in [-0.2, 0) is 40.1 Å². The molecule has 34 heavy (non-hydrogen) atoms. The van der Waals surface area contributed by atoms with Gasteiger partial charge in [0.2, 0.25) is 5.91 Å². The first-order valence-corrected chi connectivity index (χ1v) is 11.7. The molecule has 0 radical (unpaired) electrons. The predicted octanol–water partition coefficient (Wildman–Crippen LogP) is 4.30. The first-order valence-electron chi connectivity index (χ1n) is 11.7. The summed E-state index contributed by atoms with van der Waals surface area (Å²) in [6.45, 7) is 2.20. The predicted molar refractivity (Wildman–Crippen MR) is 128 cm³/mol. The average molecular weight is 467 g/mol. The van der Waals surface area contributed by atoms with Crippen LogP contribution in [-0.4, -0.2) is 48.1 Å². The van der Waals surface area contributed by atoms with Crippen molar-refractivity contribution in [2.45, 2.75) is 51.6 Å². The van der Waals surface area contributed by atoms with Gasteiger partial charge in [0, 0.05) is 36.1 Å². The lowest BCUT2D eigenvalue weighted by molar-refractivity contribution is -0.143. The van der Waals surface area contributed by atoms with Crippen LogP contribution in [0.3, 0.4) is 0 Å². The van der Waals surface area contributed by atoms with Gasteiger partial charge in [-0.05, 0) is 74.1 Å². The molecule has 1 amide bonds.